The summed E-state index contributed by atoms with van der Waals surface area (Å²) in [6, 6.07) is 8.90. The van der Waals surface area contributed by atoms with Crippen molar-refractivity contribution in [3.63, 3.8) is 0 Å². The Hall–Kier alpha value is -2.30. The van der Waals surface area contributed by atoms with Gasteiger partial charge in [0.2, 0.25) is 0 Å². The molecule has 0 fully saturated rings. The Bertz CT molecular complexity index is 823. The van der Waals surface area contributed by atoms with Crippen LogP contribution >= 0.6 is 27.3 Å². The van der Waals surface area contributed by atoms with Crippen molar-refractivity contribution >= 4 is 44.9 Å². The van der Waals surface area contributed by atoms with Crippen LogP contribution in [0.5, 0.6) is 11.5 Å². The van der Waals surface area contributed by atoms with Crippen molar-refractivity contribution in [1.29, 1.82) is 5.26 Å². The normalized spacial score (nSPS) is 13.3. The molecule has 116 valence electrons. The molecule has 1 N–H and O–H groups in total. The number of ether oxygens (including phenoxy) is 2. The predicted molar refractivity (Wildman–Crippen MR) is 91.7 cm³/mol. The van der Waals surface area contributed by atoms with Crippen LogP contribution in [0.4, 0.5) is 5.69 Å². The highest BCUT2D eigenvalue weighted by molar-refractivity contribution is 9.10. The molecule has 23 heavy (non-hydrogen) atoms. The second-order valence-corrected chi connectivity index (χ2v) is 6.51. The molecule has 1 aliphatic heterocycles. The van der Waals surface area contributed by atoms with E-state index in [1.54, 1.807) is 24.3 Å². The molecule has 0 radical (unpaired) electrons. The van der Waals surface area contributed by atoms with E-state index in [9.17, 15) is 10.1 Å². The molecule has 0 saturated heterocycles. The van der Waals surface area contributed by atoms with E-state index in [0.717, 1.165) is 9.35 Å². The van der Waals surface area contributed by atoms with Crippen molar-refractivity contribution in [3.05, 3.63) is 44.6 Å². The Morgan fingerprint density at radius 3 is 2.78 bits per heavy atom. The number of rotatable bonds is 3. The molecular weight excluding hydrogens is 380 g/mol. The third-order valence-corrected chi connectivity index (χ3v) is 4.68. The van der Waals surface area contributed by atoms with E-state index in [1.807, 2.05) is 17.5 Å². The van der Waals surface area contributed by atoms with Crippen molar-refractivity contribution in [2.45, 2.75) is 0 Å². The Kier molecular flexibility index (Phi) is 4.65. The molecule has 1 aliphatic rings. The Morgan fingerprint density at radius 1 is 1.30 bits per heavy atom. The number of benzene rings is 1. The summed E-state index contributed by atoms with van der Waals surface area (Å²) in [4.78, 5) is 13.1. The van der Waals surface area contributed by atoms with Crippen LogP contribution in [0.1, 0.15) is 4.88 Å². The van der Waals surface area contributed by atoms with Crippen molar-refractivity contribution in [2.24, 2.45) is 0 Å². The highest BCUT2D eigenvalue weighted by atomic mass is 79.9. The van der Waals surface area contributed by atoms with Crippen LogP contribution in [-0.4, -0.2) is 19.1 Å². The lowest BCUT2D eigenvalue weighted by Crippen LogP contribution is -2.17. The molecule has 3 rings (SSSR count). The van der Waals surface area contributed by atoms with E-state index in [1.165, 1.54) is 11.3 Å². The topological polar surface area (TPSA) is 71.4 Å². The van der Waals surface area contributed by atoms with Gasteiger partial charge >= 0.3 is 0 Å². The zero-order chi connectivity index (χ0) is 16.2. The van der Waals surface area contributed by atoms with Crippen molar-refractivity contribution < 1.29 is 14.3 Å². The average Bonchev–Trinajstić information content (AvgIpc) is 2.97. The molecule has 2 aromatic rings. The van der Waals surface area contributed by atoms with Crippen LogP contribution in [0.2, 0.25) is 0 Å². The predicted octanol–water partition coefficient (Wildman–Crippen LogP) is 3.83. The molecule has 0 atom stereocenters. The van der Waals surface area contributed by atoms with Gasteiger partial charge in [0.25, 0.3) is 5.91 Å². The molecule has 0 aliphatic carbocycles. The first kappa shape index (κ1) is 15.6. The molecule has 0 unspecified atom stereocenters. The number of carbonyl (C=O) groups excluding carboxylic acids is 1. The van der Waals surface area contributed by atoms with Gasteiger partial charge in [-0.25, -0.2) is 0 Å². The zero-order valence-corrected chi connectivity index (χ0v) is 14.2. The van der Waals surface area contributed by atoms with E-state index < -0.39 is 5.91 Å². The largest absolute Gasteiger partial charge is 0.486 e. The lowest BCUT2D eigenvalue weighted by Gasteiger charge is -2.18. The Morgan fingerprint density at radius 2 is 2.09 bits per heavy atom. The zero-order valence-electron chi connectivity index (χ0n) is 11.8. The number of hydrogen-bond donors (Lipinski definition) is 1. The highest BCUT2D eigenvalue weighted by Gasteiger charge is 2.14. The summed E-state index contributed by atoms with van der Waals surface area (Å²) in [7, 11) is 0. The molecule has 1 aromatic heterocycles. The summed E-state index contributed by atoms with van der Waals surface area (Å²) in [6.07, 6.45) is 1.56. The van der Waals surface area contributed by atoms with Crippen LogP contribution in [-0.2, 0) is 4.79 Å². The van der Waals surface area contributed by atoms with Crippen LogP contribution < -0.4 is 14.8 Å². The van der Waals surface area contributed by atoms with Crippen molar-refractivity contribution in [1.82, 2.24) is 0 Å². The van der Waals surface area contributed by atoms with Crippen molar-refractivity contribution in [2.75, 3.05) is 18.5 Å². The summed E-state index contributed by atoms with van der Waals surface area (Å²) >= 11 is 4.79. The van der Waals surface area contributed by atoms with Gasteiger partial charge in [-0.15, -0.1) is 11.3 Å². The minimum absolute atomic E-state index is 0.0363. The number of thiophene rings is 1. The fourth-order valence-electron chi connectivity index (χ4n) is 2.01. The van der Waals surface area contributed by atoms with E-state index in [4.69, 9.17) is 9.47 Å². The number of hydrogen-bond acceptors (Lipinski definition) is 5. The third kappa shape index (κ3) is 3.73. The third-order valence-electron chi connectivity index (χ3n) is 3.04. The van der Waals surface area contributed by atoms with Gasteiger partial charge in [-0.2, -0.15) is 5.26 Å². The van der Waals surface area contributed by atoms with Crippen molar-refractivity contribution in [3.8, 4) is 17.6 Å². The summed E-state index contributed by atoms with van der Waals surface area (Å²) < 4.78 is 11.8. The maximum atomic E-state index is 12.2. The van der Waals surface area contributed by atoms with Gasteiger partial charge in [0.1, 0.15) is 24.9 Å². The molecule has 7 heteroatoms. The first-order chi connectivity index (χ1) is 11.2. The van der Waals surface area contributed by atoms with E-state index in [-0.39, 0.29) is 5.57 Å². The number of fused-ring (bicyclic) bond motifs is 1. The summed E-state index contributed by atoms with van der Waals surface area (Å²) in [5.41, 5.74) is 0.585. The number of nitrogens with zero attached hydrogens (tertiary/aromatic N) is 1. The van der Waals surface area contributed by atoms with E-state index in [2.05, 4.69) is 21.2 Å². The highest BCUT2D eigenvalue weighted by Crippen LogP contribution is 2.32. The van der Waals surface area contributed by atoms with Gasteiger partial charge in [-0.3, -0.25) is 4.79 Å². The first-order valence-corrected chi connectivity index (χ1v) is 8.40. The Balaban J connectivity index is 1.77. The quantitative estimate of drug-likeness (QED) is 0.638. The second-order valence-electron chi connectivity index (χ2n) is 4.65. The van der Waals surface area contributed by atoms with Gasteiger partial charge in [-0.1, -0.05) is 0 Å². The number of amides is 1. The number of carbonyl (C=O) groups is 1. The van der Waals surface area contributed by atoms with Gasteiger partial charge in [0, 0.05) is 26.5 Å². The summed E-state index contributed by atoms with van der Waals surface area (Å²) in [5.74, 6) is 0.765. The van der Waals surface area contributed by atoms with E-state index in [0.29, 0.717) is 30.4 Å². The lowest BCUT2D eigenvalue weighted by atomic mass is 10.2. The smallest absolute Gasteiger partial charge is 0.266 e. The number of anilines is 1. The number of nitrogens with one attached hydrogen (secondary N) is 1. The number of nitriles is 1. The number of halogens is 1. The van der Waals surface area contributed by atoms with Crippen LogP contribution in [0.15, 0.2) is 39.7 Å². The molecule has 0 bridgehead atoms. The fourth-order valence-corrected chi connectivity index (χ4v) is 3.39. The lowest BCUT2D eigenvalue weighted by molar-refractivity contribution is -0.112. The average molecular weight is 391 g/mol. The maximum Gasteiger partial charge on any atom is 0.266 e. The monoisotopic (exact) mass is 390 g/mol. The molecular formula is C16H11BrN2O3S. The summed E-state index contributed by atoms with van der Waals surface area (Å²) in [5, 5.41) is 13.8. The van der Waals surface area contributed by atoms with Gasteiger partial charge in [0.05, 0.1) is 0 Å². The molecule has 5 nitrogen and oxygen atoms in total. The maximum absolute atomic E-state index is 12.2. The first-order valence-electron chi connectivity index (χ1n) is 6.72. The fraction of sp³-hybridized carbons (Fsp3) is 0.125. The van der Waals surface area contributed by atoms with Gasteiger partial charge in [-0.05, 0) is 40.2 Å². The molecule has 2 heterocycles. The molecule has 0 saturated carbocycles. The van der Waals surface area contributed by atoms with Crippen LogP contribution in [0.25, 0.3) is 6.08 Å². The molecule has 1 aromatic carbocycles. The SMILES string of the molecule is N#CC(=Cc1cc(Br)cs1)C(=O)Nc1ccc2c(c1)OCCO2. The van der Waals surface area contributed by atoms with Crippen LogP contribution in [0.3, 0.4) is 0 Å². The van der Waals surface area contributed by atoms with Gasteiger partial charge < -0.3 is 14.8 Å². The minimum Gasteiger partial charge on any atom is -0.486 e. The minimum atomic E-state index is -0.464. The van der Waals surface area contributed by atoms with E-state index >= 15 is 0 Å². The second kappa shape index (κ2) is 6.86. The molecule has 1 amide bonds. The molecule has 0 spiro atoms. The van der Waals surface area contributed by atoms with Gasteiger partial charge in [0.15, 0.2) is 11.5 Å². The Labute approximate surface area is 145 Å². The standard InChI is InChI=1S/C16H11BrN2O3S/c17-11-6-13(23-9-11)5-10(8-18)16(20)19-12-1-2-14-15(7-12)22-4-3-21-14/h1-2,5-7,9H,3-4H2,(H,19,20). The van der Waals surface area contributed by atoms with Crippen LogP contribution in [0, 0.1) is 11.3 Å². The summed E-state index contributed by atoms with van der Waals surface area (Å²) in [6.45, 7) is 0.984.